The second kappa shape index (κ2) is 4.90. The molecule has 0 N–H and O–H groups in total. The van der Waals surface area contributed by atoms with Crippen LogP contribution in [0.5, 0.6) is 0 Å². The van der Waals surface area contributed by atoms with E-state index in [-0.39, 0.29) is 23.0 Å². The third-order valence-corrected chi connectivity index (χ3v) is 2.31. The van der Waals surface area contributed by atoms with Gasteiger partial charge in [0.25, 0.3) is 11.6 Å². The summed E-state index contributed by atoms with van der Waals surface area (Å²) in [4.78, 5) is 25.6. The van der Waals surface area contributed by atoms with Crippen LogP contribution in [0, 0.1) is 0 Å². The topological polar surface area (TPSA) is 65.1 Å². The van der Waals surface area contributed by atoms with Gasteiger partial charge in [-0.3, -0.25) is 9.59 Å². The molecule has 0 aromatic carbocycles. The molecule has 0 atom stereocenters. The van der Waals surface area contributed by atoms with Crippen LogP contribution >= 0.6 is 0 Å². The zero-order valence-electron chi connectivity index (χ0n) is 10.5. The van der Waals surface area contributed by atoms with E-state index in [1.165, 1.54) is 26.2 Å². The molecular formula is C11H15NO5. The summed E-state index contributed by atoms with van der Waals surface area (Å²) in [5.74, 6) is -1.24. The maximum atomic E-state index is 12.1. The molecule has 17 heavy (non-hydrogen) atoms. The third-order valence-electron chi connectivity index (χ3n) is 2.31. The van der Waals surface area contributed by atoms with Crippen LogP contribution in [0.15, 0.2) is 23.0 Å². The number of carbonyl (C=O) groups is 2. The number of Topliss-reactive ketones (excluding diaryl/α,β-unsaturated/α-hetero) is 2. The lowest BCUT2D eigenvalue weighted by molar-refractivity contribution is -0.124. The van der Waals surface area contributed by atoms with Gasteiger partial charge in [-0.15, -0.1) is 0 Å². The van der Waals surface area contributed by atoms with Crippen LogP contribution in [-0.4, -0.2) is 51.9 Å². The minimum absolute atomic E-state index is 0.0438. The molecule has 0 saturated carbocycles. The average molecular weight is 241 g/mol. The standard InChI is InChI=1S/C11H15NO5/c1-12(2)6-7(13)10(16-4)11(17-5)8(14)9(6)15-3/h1-5H3. The summed E-state index contributed by atoms with van der Waals surface area (Å²) in [6.45, 7) is 0. The summed E-state index contributed by atoms with van der Waals surface area (Å²) < 4.78 is 14.8. The molecule has 0 unspecified atom stereocenters. The average Bonchev–Trinajstić information content (AvgIpc) is 2.29. The summed E-state index contributed by atoms with van der Waals surface area (Å²) in [5.41, 5.74) is 0.148. The number of likely N-dealkylation sites (N-methyl/N-ethyl adjacent to an activating group) is 1. The predicted octanol–water partition coefficient (Wildman–Crippen LogP) is 0.0622. The van der Waals surface area contributed by atoms with Crippen LogP contribution in [0.1, 0.15) is 0 Å². The first-order valence-corrected chi connectivity index (χ1v) is 4.86. The second-order valence-corrected chi connectivity index (χ2v) is 3.50. The molecule has 0 radical (unpaired) electrons. The molecule has 0 aromatic heterocycles. The lowest BCUT2D eigenvalue weighted by atomic mass is 10.0. The van der Waals surface area contributed by atoms with Crippen LogP contribution in [-0.2, 0) is 23.8 Å². The fourth-order valence-electron chi connectivity index (χ4n) is 1.59. The first-order valence-electron chi connectivity index (χ1n) is 4.86. The zero-order chi connectivity index (χ0) is 13.2. The highest BCUT2D eigenvalue weighted by Crippen LogP contribution is 2.26. The van der Waals surface area contributed by atoms with Crippen LogP contribution in [0.25, 0.3) is 0 Å². The van der Waals surface area contributed by atoms with Gasteiger partial charge in [-0.2, -0.15) is 0 Å². The smallest absolute Gasteiger partial charge is 0.268 e. The molecule has 0 aliphatic heterocycles. The van der Waals surface area contributed by atoms with E-state index in [1.54, 1.807) is 14.1 Å². The quantitative estimate of drug-likeness (QED) is 0.649. The number of nitrogens with zero attached hydrogens (tertiary/aromatic N) is 1. The Morgan fingerprint density at radius 3 is 1.53 bits per heavy atom. The van der Waals surface area contributed by atoms with Gasteiger partial charge in [0.1, 0.15) is 5.70 Å². The number of carbonyl (C=O) groups excluding carboxylic acids is 2. The van der Waals surface area contributed by atoms with Gasteiger partial charge < -0.3 is 19.1 Å². The maximum Gasteiger partial charge on any atom is 0.268 e. The van der Waals surface area contributed by atoms with Gasteiger partial charge >= 0.3 is 0 Å². The largest absolute Gasteiger partial charge is 0.491 e. The van der Waals surface area contributed by atoms with Crippen molar-refractivity contribution in [3.8, 4) is 0 Å². The number of ether oxygens (including phenoxy) is 3. The van der Waals surface area contributed by atoms with Crippen molar-refractivity contribution in [2.45, 2.75) is 0 Å². The van der Waals surface area contributed by atoms with Crippen molar-refractivity contribution in [1.29, 1.82) is 0 Å². The Labute approximate surface area is 99.4 Å². The SMILES string of the molecule is COC1=C(OC)C(=O)C(N(C)C)=C(OC)C1=O. The van der Waals surface area contributed by atoms with Gasteiger partial charge in [0, 0.05) is 14.1 Å². The molecule has 0 bridgehead atoms. The van der Waals surface area contributed by atoms with Gasteiger partial charge in [0.05, 0.1) is 21.3 Å². The van der Waals surface area contributed by atoms with Gasteiger partial charge in [0.15, 0.2) is 5.76 Å². The molecule has 1 aliphatic rings. The van der Waals surface area contributed by atoms with E-state index in [4.69, 9.17) is 14.2 Å². The second-order valence-electron chi connectivity index (χ2n) is 3.50. The molecule has 6 heteroatoms. The maximum absolute atomic E-state index is 12.1. The normalized spacial score (nSPS) is 16.3. The first kappa shape index (κ1) is 13.1. The fourth-order valence-corrected chi connectivity index (χ4v) is 1.59. The Morgan fingerprint density at radius 2 is 1.18 bits per heavy atom. The van der Waals surface area contributed by atoms with Crippen molar-refractivity contribution in [3.05, 3.63) is 23.0 Å². The Balaban J connectivity index is 3.42. The Kier molecular flexibility index (Phi) is 3.77. The van der Waals surface area contributed by atoms with E-state index >= 15 is 0 Å². The summed E-state index contributed by atoms with van der Waals surface area (Å²) in [6, 6.07) is 0. The van der Waals surface area contributed by atoms with Crippen LogP contribution in [0.2, 0.25) is 0 Å². The van der Waals surface area contributed by atoms with E-state index < -0.39 is 11.6 Å². The van der Waals surface area contributed by atoms with E-state index in [0.717, 1.165) is 0 Å². The number of hydrogen-bond donors (Lipinski definition) is 0. The molecule has 0 saturated heterocycles. The first-order chi connectivity index (χ1) is 7.99. The molecule has 6 nitrogen and oxygen atoms in total. The van der Waals surface area contributed by atoms with E-state index in [1.807, 2.05) is 0 Å². The molecule has 1 aliphatic carbocycles. The van der Waals surface area contributed by atoms with Gasteiger partial charge in [0.2, 0.25) is 11.5 Å². The highest BCUT2D eigenvalue weighted by atomic mass is 16.5. The Bertz CT molecular complexity index is 420. The van der Waals surface area contributed by atoms with E-state index in [0.29, 0.717) is 0 Å². The molecule has 0 amide bonds. The number of ketones is 2. The summed E-state index contributed by atoms with van der Waals surface area (Å²) in [7, 11) is 7.22. The summed E-state index contributed by atoms with van der Waals surface area (Å²) in [6.07, 6.45) is 0. The zero-order valence-corrected chi connectivity index (χ0v) is 10.5. The lowest BCUT2D eigenvalue weighted by Gasteiger charge is -2.24. The van der Waals surface area contributed by atoms with E-state index in [2.05, 4.69) is 0 Å². The minimum Gasteiger partial charge on any atom is -0.491 e. The van der Waals surface area contributed by atoms with Crippen molar-refractivity contribution >= 4 is 11.6 Å². The van der Waals surface area contributed by atoms with Crippen LogP contribution < -0.4 is 0 Å². The Hall–Kier alpha value is -1.98. The predicted molar refractivity (Wildman–Crippen MR) is 58.8 cm³/mol. The molecular weight excluding hydrogens is 226 g/mol. The van der Waals surface area contributed by atoms with Crippen molar-refractivity contribution in [3.63, 3.8) is 0 Å². The number of rotatable bonds is 4. The highest BCUT2D eigenvalue weighted by molar-refractivity contribution is 6.22. The van der Waals surface area contributed by atoms with Crippen molar-refractivity contribution in [2.75, 3.05) is 35.4 Å². The number of methoxy groups -OCH3 is 3. The Morgan fingerprint density at radius 1 is 0.765 bits per heavy atom. The van der Waals surface area contributed by atoms with E-state index in [9.17, 15) is 9.59 Å². The van der Waals surface area contributed by atoms with Crippen LogP contribution in [0.3, 0.4) is 0 Å². The van der Waals surface area contributed by atoms with Gasteiger partial charge in [-0.05, 0) is 0 Å². The molecule has 0 aromatic rings. The van der Waals surface area contributed by atoms with Crippen LogP contribution in [0.4, 0.5) is 0 Å². The molecule has 1 rings (SSSR count). The van der Waals surface area contributed by atoms with Crippen molar-refractivity contribution in [2.24, 2.45) is 0 Å². The molecule has 94 valence electrons. The number of hydrogen-bond acceptors (Lipinski definition) is 6. The summed E-state index contributed by atoms with van der Waals surface area (Å²) in [5, 5.41) is 0. The molecule has 0 fully saturated rings. The fraction of sp³-hybridized carbons (Fsp3) is 0.455. The van der Waals surface area contributed by atoms with Crippen molar-refractivity contribution < 1.29 is 23.8 Å². The lowest BCUT2D eigenvalue weighted by Crippen LogP contribution is -2.33. The highest BCUT2D eigenvalue weighted by Gasteiger charge is 2.38. The molecule has 0 heterocycles. The monoisotopic (exact) mass is 241 g/mol. The third kappa shape index (κ3) is 1.98. The van der Waals surface area contributed by atoms with Gasteiger partial charge in [-0.1, -0.05) is 0 Å². The molecule has 0 spiro atoms. The minimum atomic E-state index is -0.504. The van der Waals surface area contributed by atoms with Crippen molar-refractivity contribution in [1.82, 2.24) is 4.90 Å². The van der Waals surface area contributed by atoms with Gasteiger partial charge in [-0.25, -0.2) is 0 Å². The summed E-state index contributed by atoms with van der Waals surface area (Å²) >= 11 is 0.